The van der Waals surface area contributed by atoms with Crippen LogP contribution in [0.3, 0.4) is 0 Å². The van der Waals surface area contributed by atoms with Crippen LogP contribution in [-0.2, 0) is 9.53 Å². The number of hydrogen-bond donors (Lipinski definition) is 3. The van der Waals surface area contributed by atoms with Crippen LogP contribution in [0.25, 0.3) is 0 Å². The van der Waals surface area contributed by atoms with Gasteiger partial charge >= 0.3 is 6.09 Å². The van der Waals surface area contributed by atoms with Crippen LogP contribution in [0, 0.1) is 10.0 Å². The first-order valence-electron chi connectivity index (χ1n) is 6.31. The van der Waals surface area contributed by atoms with Crippen molar-refractivity contribution in [3.63, 3.8) is 0 Å². The Labute approximate surface area is 136 Å². The molecule has 1 heterocycles. The highest BCUT2D eigenvalue weighted by Crippen LogP contribution is 2.24. The number of rotatable bonds is 4. The van der Waals surface area contributed by atoms with E-state index in [0.717, 1.165) is 7.11 Å². The first-order valence-corrected chi connectivity index (χ1v) is 6.72. The van der Waals surface area contributed by atoms with Crippen LogP contribution in [-0.4, -0.2) is 34.8 Å². The summed E-state index contributed by atoms with van der Waals surface area (Å²) in [5, 5.41) is 9.82. The molecule has 0 aliphatic rings. The van der Waals surface area contributed by atoms with Gasteiger partial charge in [0.1, 0.15) is 16.1 Å². The smallest absolute Gasteiger partial charge is 0.413 e. The lowest BCUT2D eigenvalue weighted by Gasteiger charge is -2.11. The second-order valence-corrected chi connectivity index (χ2v) is 4.59. The van der Waals surface area contributed by atoms with E-state index in [1.54, 1.807) is 18.2 Å². The van der Waals surface area contributed by atoms with Crippen molar-refractivity contribution in [2.75, 3.05) is 7.11 Å². The van der Waals surface area contributed by atoms with E-state index in [-0.39, 0.29) is 11.3 Å². The molecular weight excluding hydrogens is 320 g/mol. The molecule has 2 aromatic rings. The quantitative estimate of drug-likeness (QED) is 0.583. The van der Waals surface area contributed by atoms with Crippen molar-refractivity contribution >= 4 is 29.9 Å². The summed E-state index contributed by atoms with van der Waals surface area (Å²) in [5.41, 5.74) is -0.247. The fourth-order valence-corrected chi connectivity index (χ4v) is 1.78. The summed E-state index contributed by atoms with van der Waals surface area (Å²) in [5.74, 6) is -0.358. The number of carbonyl (C=O) groups excluding carboxylic acids is 2. The molecule has 23 heavy (non-hydrogen) atoms. The predicted molar refractivity (Wildman–Crippen MR) is 83.3 cm³/mol. The number of H-pyrrole nitrogens is 1. The van der Waals surface area contributed by atoms with Crippen molar-refractivity contribution in [2.24, 2.45) is 0 Å². The van der Waals surface area contributed by atoms with Gasteiger partial charge in [-0.15, -0.1) is 0 Å². The fourth-order valence-electron chi connectivity index (χ4n) is 1.62. The summed E-state index contributed by atoms with van der Waals surface area (Å²) in [4.78, 5) is 29.5. The third-order valence-electron chi connectivity index (χ3n) is 2.66. The molecule has 0 aliphatic heterocycles. The van der Waals surface area contributed by atoms with Gasteiger partial charge in [-0.05, 0) is 12.1 Å². The summed E-state index contributed by atoms with van der Waals surface area (Å²) >= 11 is 4.93. The lowest BCUT2D eigenvalue weighted by Crippen LogP contribution is -2.36. The Kier molecular flexibility index (Phi) is 5.15. The predicted octanol–water partition coefficient (Wildman–Crippen LogP) is 2.18. The number of methoxy groups -OCH3 is 1. The summed E-state index contributed by atoms with van der Waals surface area (Å²) in [6, 6.07) is 7.90. The highest BCUT2D eigenvalue weighted by Gasteiger charge is 2.19. The first kappa shape index (κ1) is 16.3. The average molecular weight is 332 g/mol. The van der Waals surface area contributed by atoms with Crippen molar-refractivity contribution in [2.45, 2.75) is 0 Å². The van der Waals surface area contributed by atoms with Gasteiger partial charge in [0, 0.05) is 11.6 Å². The Balaban J connectivity index is 2.26. The fraction of sp³-hybridized carbons (Fsp3) is 0.0714. The molecule has 8 nitrogen and oxygen atoms in total. The van der Waals surface area contributed by atoms with Gasteiger partial charge in [-0.2, -0.15) is 0 Å². The molecule has 0 radical (unpaired) electrons. The van der Waals surface area contributed by atoms with Crippen LogP contribution < -0.4 is 10.1 Å². The van der Waals surface area contributed by atoms with Crippen LogP contribution in [0.5, 0.6) is 11.6 Å². The Morgan fingerprint density at radius 3 is 2.78 bits per heavy atom. The van der Waals surface area contributed by atoms with Crippen molar-refractivity contribution < 1.29 is 19.1 Å². The van der Waals surface area contributed by atoms with Gasteiger partial charge in [-0.1, -0.05) is 24.4 Å². The van der Waals surface area contributed by atoms with E-state index in [1.807, 2.05) is 5.32 Å². The summed E-state index contributed by atoms with van der Waals surface area (Å²) in [6.45, 7) is 0. The van der Waals surface area contributed by atoms with Gasteiger partial charge in [0.05, 0.1) is 13.4 Å². The third-order valence-corrected chi connectivity index (χ3v) is 2.88. The number of nitrogens with one attached hydrogen (secondary N) is 3. The summed E-state index contributed by atoms with van der Waals surface area (Å²) in [7, 11) is 1.12. The van der Waals surface area contributed by atoms with Gasteiger partial charge in [0.25, 0.3) is 5.91 Å². The second-order valence-electron chi connectivity index (χ2n) is 4.17. The molecule has 1 aromatic heterocycles. The average Bonchev–Trinajstić information content (AvgIpc) is 2.54. The number of hydrogen-bond acceptors (Lipinski definition) is 7. The second kappa shape index (κ2) is 7.27. The molecule has 0 unspecified atom stereocenters. The number of alkyl carbamates (subject to hydrolysis) is 1. The number of carbonyl (C=O) groups is 2. The van der Waals surface area contributed by atoms with Crippen molar-refractivity contribution in [3.05, 3.63) is 46.9 Å². The molecule has 0 saturated carbocycles. The monoisotopic (exact) mass is 332 g/mol. The van der Waals surface area contributed by atoms with Crippen LogP contribution >= 0.6 is 12.2 Å². The number of aromatic amines is 1. The van der Waals surface area contributed by atoms with Gasteiger partial charge in [-0.25, -0.2) is 9.78 Å². The topological polar surface area (TPSA) is 117 Å². The highest BCUT2D eigenvalue weighted by molar-refractivity contribution is 7.71. The molecule has 0 saturated heterocycles. The summed E-state index contributed by atoms with van der Waals surface area (Å²) in [6.07, 6.45) is 0.423. The lowest BCUT2D eigenvalue weighted by atomic mass is 10.1. The molecule has 0 aliphatic carbocycles. The zero-order valence-corrected chi connectivity index (χ0v) is 12.8. The molecule has 0 bridgehead atoms. The van der Waals surface area contributed by atoms with Crippen LogP contribution in [0.15, 0.2) is 36.7 Å². The van der Waals surface area contributed by atoms with Crippen molar-refractivity contribution in [1.29, 1.82) is 5.41 Å². The van der Waals surface area contributed by atoms with Gasteiger partial charge in [0.15, 0.2) is 0 Å². The molecule has 1 aromatic carbocycles. The Morgan fingerprint density at radius 1 is 1.35 bits per heavy atom. The SMILES string of the molecule is COC(=O)NC(=O)C(=N)c1ccccc1Oc1cc(=S)nc[nH]1. The number of para-hydroxylation sites is 1. The number of ether oxygens (including phenoxy) is 2. The van der Waals surface area contributed by atoms with E-state index in [0.29, 0.717) is 10.5 Å². The van der Waals surface area contributed by atoms with E-state index in [4.69, 9.17) is 22.4 Å². The van der Waals surface area contributed by atoms with E-state index in [1.165, 1.54) is 18.5 Å². The molecule has 2 rings (SSSR count). The standard InChI is InChI=1S/C14H12N4O4S/c1-21-14(20)18-13(19)12(15)8-4-2-3-5-9(8)22-10-6-11(23)17-7-16-10/h2-7,15H,1H3,(H,16,17,23)(H,18,19,20). The Morgan fingerprint density at radius 2 is 2.09 bits per heavy atom. The van der Waals surface area contributed by atoms with Gasteiger partial charge < -0.3 is 14.5 Å². The van der Waals surface area contributed by atoms with E-state index in [2.05, 4.69) is 14.7 Å². The van der Waals surface area contributed by atoms with E-state index < -0.39 is 17.7 Å². The molecule has 0 atom stereocenters. The Bertz CT molecular complexity index is 818. The maximum atomic E-state index is 11.8. The molecule has 2 amide bonds. The van der Waals surface area contributed by atoms with Gasteiger partial charge in [0.2, 0.25) is 5.88 Å². The lowest BCUT2D eigenvalue weighted by molar-refractivity contribution is -0.114. The maximum absolute atomic E-state index is 11.8. The highest BCUT2D eigenvalue weighted by atomic mass is 32.1. The number of nitrogens with zero attached hydrogens (tertiary/aromatic N) is 1. The minimum atomic E-state index is -0.948. The Hall–Kier alpha value is -3.07. The van der Waals surface area contributed by atoms with E-state index in [9.17, 15) is 9.59 Å². The number of amides is 2. The number of aromatic nitrogens is 2. The molecule has 0 fully saturated rings. The minimum absolute atomic E-state index is 0.199. The van der Waals surface area contributed by atoms with Crippen molar-refractivity contribution in [3.8, 4) is 11.6 Å². The first-order chi connectivity index (χ1) is 11.0. The van der Waals surface area contributed by atoms with Crippen LogP contribution in [0.2, 0.25) is 0 Å². The minimum Gasteiger partial charge on any atom is -0.453 e. The van der Waals surface area contributed by atoms with Gasteiger partial charge in [-0.3, -0.25) is 15.5 Å². The largest absolute Gasteiger partial charge is 0.453 e. The van der Waals surface area contributed by atoms with Crippen LogP contribution in [0.4, 0.5) is 4.79 Å². The molecular formula is C14H12N4O4S. The summed E-state index contributed by atoms with van der Waals surface area (Å²) < 4.78 is 10.2. The normalized spacial score (nSPS) is 9.78. The van der Waals surface area contributed by atoms with E-state index >= 15 is 0 Å². The van der Waals surface area contributed by atoms with Crippen molar-refractivity contribution in [1.82, 2.24) is 15.3 Å². The number of benzene rings is 1. The molecule has 3 N–H and O–H groups in total. The molecule has 0 spiro atoms. The molecule has 9 heteroatoms. The molecule has 118 valence electrons. The zero-order valence-electron chi connectivity index (χ0n) is 12.0. The van der Waals surface area contributed by atoms with Crippen LogP contribution in [0.1, 0.15) is 5.56 Å². The third kappa shape index (κ3) is 4.20. The zero-order chi connectivity index (χ0) is 16.8. The maximum Gasteiger partial charge on any atom is 0.413 e. The number of imide groups is 1.